The predicted molar refractivity (Wildman–Crippen MR) is 143 cm³/mol. The van der Waals surface area contributed by atoms with Crippen LogP contribution in [0.3, 0.4) is 0 Å². The first-order valence-electron chi connectivity index (χ1n) is 11.5. The second kappa shape index (κ2) is 12.6. The quantitative estimate of drug-likeness (QED) is 0.195. The first-order valence-corrected chi connectivity index (χ1v) is 12.7. The number of amides is 1. The third-order valence-corrected chi connectivity index (χ3v) is 6.81. The van der Waals surface area contributed by atoms with E-state index in [-0.39, 0.29) is 15.8 Å². The van der Waals surface area contributed by atoms with Crippen molar-refractivity contribution in [1.82, 2.24) is 0 Å². The molecule has 2 aromatic carbocycles. The molecule has 2 aromatic rings. The number of benzene rings is 2. The number of ether oxygens (including phenoxy) is 2. The standard InChI is InChI=1S/C26H29NO6S2/c1-3-4-5-6-7-8-13-33-21-12-9-17(14-22(21)32-2)15-23-24(29)27(26(34)35-23)18-10-11-19(25(30)31)20(28)16-18/h9-12,14-16,28H,3-8,13H2,1-2H3,(H,30,31)/b23-15-. The number of aromatic carboxylic acids is 1. The van der Waals surface area contributed by atoms with Crippen molar-refractivity contribution < 1.29 is 29.3 Å². The van der Waals surface area contributed by atoms with Crippen molar-refractivity contribution in [3.8, 4) is 17.2 Å². The van der Waals surface area contributed by atoms with E-state index in [2.05, 4.69) is 6.92 Å². The number of anilines is 1. The highest BCUT2D eigenvalue weighted by molar-refractivity contribution is 8.27. The summed E-state index contributed by atoms with van der Waals surface area (Å²) >= 11 is 6.50. The lowest BCUT2D eigenvalue weighted by Gasteiger charge is -2.15. The molecule has 1 heterocycles. The van der Waals surface area contributed by atoms with E-state index >= 15 is 0 Å². The van der Waals surface area contributed by atoms with Crippen molar-refractivity contribution in [2.75, 3.05) is 18.6 Å². The fraction of sp³-hybridized carbons (Fsp3) is 0.346. The lowest BCUT2D eigenvalue weighted by molar-refractivity contribution is -0.113. The molecule has 0 aliphatic carbocycles. The Bertz CT molecular complexity index is 1130. The highest BCUT2D eigenvalue weighted by Crippen LogP contribution is 2.38. The van der Waals surface area contributed by atoms with Crippen LogP contribution < -0.4 is 14.4 Å². The second-order valence-corrected chi connectivity index (χ2v) is 9.73. The van der Waals surface area contributed by atoms with Crippen molar-refractivity contribution in [1.29, 1.82) is 0 Å². The Morgan fingerprint density at radius 1 is 1.09 bits per heavy atom. The number of rotatable bonds is 12. The van der Waals surface area contributed by atoms with Gasteiger partial charge >= 0.3 is 5.97 Å². The lowest BCUT2D eigenvalue weighted by Crippen LogP contribution is -2.27. The van der Waals surface area contributed by atoms with E-state index in [0.717, 1.165) is 30.2 Å². The maximum absolute atomic E-state index is 13.0. The van der Waals surface area contributed by atoms with Crippen LogP contribution in [0.15, 0.2) is 41.3 Å². The molecule has 9 heteroatoms. The molecule has 0 spiro atoms. The van der Waals surface area contributed by atoms with Crippen molar-refractivity contribution in [3.05, 3.63) is 52.4 Å². The maximum Gasteiger partial charge on any atom is 0.339 e. The number of methoxy groups -OCH3 is 1. The van der Waals surface area contributed by atoms with E-state index in [9.17, 15) is 14.7 Å². The zero-order valence-electron chi connectivity index (χ0n) is 19.8. The van der Waals surface area contributed by atoms with Crippen molar-refractivity contribution in [3.63, 3.8) is 0 Å². The average molecular weight is 516 g/mol. The van der Waals surface area contributed by atoms with Gasteiger partial charge in [0.2, 0.25) is 0 Å². The molecule has 1 aliphatic rings. The van der Waals surface area contributed by atoms with Gasteiger partial charge in [-0.3, -0.25) is 9.69 Å². The maximum atomic E-state index is 13.0. The number of hydrogen-bond acceptors (Lipinski definition) is 7. The smallest absolute Gasteiger partial charge is 0.339 e. The number of thiocarbonyl (C=S) groups is 1. The van der Waals surface area contributed by atoms with E-state index in [0.29, 0.717) is 28.7 Å². The molecule has 1 fully saturated rings. The highest BCUT2D eigenvalue weighted by atomic mass is 32.2. The molecule has 35 heavy (non-hydrogen) atoms. The van der Waals surface area contributed by atoms with Crippen molar-refractivity contribution in [2.45, 2.75) is 45.4 Å². The van der Waals surface area contributed by atoms with Gasteiger partial charge in [-0.25, -0.2) is 4.79 Å². The Kier molecular flexibility index (Phi) is 9.56. The van der Waals surface area contributed by atoms with Gasteiger partial charge in [-0.05, 0) is 42.3 Å². The Hall–Kier alpha value is -3.04. The van der Waals surface area contributed by atoms with Crippen LogP contribution in [0.4, 0.5) is 5.69 Å². The number of carbonyl (C=O) groups excluding carboxylic acids is 1. The molecule has 0 radical (unpaired) electrons. The monoisotopic (exact) mass is 515 g/mol. The minimum atomic E-state index is -1.26. The summed E-state index contributed by atoms with van der Waals surface area (Å²) in [4.78, 5) is 25.8. The summed E-state index contributed by atoms with van der Waals surface area (Å²) in [5.41, 5.74) is 0.799. The fourth-order valence-corrected chi connectivity index (χ4v) is 4.94. The van der Waals surface area contributed by atoms with E-state index < -0.39 is 11.7 Å². The van der Waals surface area contributed by atoms with Gasteiger partial charge in [-0.2, -0.15) is 0 Å². The molecule has 3 rings (SSSR count). The zero-order chi connectivity index (χ0) is 25.4. The van der Waals surface area contributed by atoms with Gasteiger partial charge in [0.25, 0.3) is 5.91 Å². The van der Waals surface area contributed by atoms with Gasteiger partial charge in [0.15, 0.2) is 15.8 Å². The molecule has 0 saturated carbocycles. The molecular formula is C26H29NO6S2. The third-order valence-electron chi connectivity index (χ3n) is 5.50. The molecule has 7 nitrogen and oxygen atoms in total. The van der Waals surface area contributed by atoms with Crippen LogP contribution in [0.1, 0.15) is 61.4 Å². The van der Waals surface area contributed by atoms with Crippen LogP contribution in [-0.2, 0) is 4.79 Å². The first kappa shape index (κ1) is 26.6. The van der Waals surface area contributed by atoms with Gasteiger partial charge in [-0.15, -0.1) is 0 Å². The minimum Gasteiger partial charge on any atom is -0.507 e. The largest absolute Gasteiger partial charge is 0.507 e. The number of hydrogen-bond donors (Lipinski definition) is 2. The summed E-state index contributed by atoms with van der Waals surface area (Å²) in [6, 6.07) is 9.37. The highest BCUT2D eigenvalue weighted by Gasteiger charge is 2.34. The van der Waals surface area contributed by atoms with E-state index in [4.69, 9.17) is 26.8 Å². The molecule has 186 valence electrons. The summed E-state index contributed by atoms with van der Waals surface area (Å²) in [5, 5.41) is 19.1. The SMILES string of the molecule is CCCCCCCCOc1ccc(/C=C2\SC(=S)N(c3ccc(C(=O)O)c(O)c3)C2=O)cc1OC. The van der Waals surface area contributed by atoms with Gasteiger partial charge < -0.3 is 19.7 Å². The Labute approximate surface area is 214 Å². The minimum absolute atomic E-state index is 0.249. The van der Waals surface area contributed by atoms with Crippen LogP contribution in [0.5, 0.6) is 17.2 Å². The van der Waals surface area contributed by atoms with Gasteiger partial charge in [0.05, 0.1) is 24.3 Å². The summed E-state index contributed by atoms with van der Waals surface area (Å²) in [5.74, 6) is -0.819. The summed E-state index contributed by atoms with van der Waals surface area (Å²) in [7, 11) is 1.57. The molecule has 0 bridgehead atoms. The summed E-state index contributed by atoms with van der Waals surface area (Å²) in [6.07, 6.45) is 8.82. The topological polar surface area (TPSA) is 96.3 Å². The molecule has 0 unspecified atom stereocenters. The number of phenols is 1. The van der Waals surface area contributed by atoms with Crippen molar-refractivity contribution in [2.24, 2.45) is 0 Å². The first-order chi connectivity index (χ1) is 16.8. The van der Waals surface area contributed by atoms with Gasteiger partial charge in [0.1, 0.15) is 11.3 Å². The second-order valence-electron chi connectivity index (χ2n) is 8.05. The average Bonchev–Trinajstić information content (AvgIpc) is 3.11. The van der Waals surface area contributed by atoms with Crippen LogP contribution in [0.2, 0.25) is 0 Å². The van der Waals surface area contributed by atoms with E-state index in [1.165, 1.54) is 48.8 Å². The molecule has 1 amide bonds. The molecule has 1 aliphatic heterocycles. The van der Waals surface area contributed by atoms with Crippen LogP contribution >= 0.6 is 24.0 Å². The van der Waals surface area contributed by atoms with E-state index in [1.807, 2.05) is 12.1 Å². The van der Waals surface area contributed by atoms with E-state index in [1.54, 1.807) is 19.3 Å². The molecule has 2 N–H and O–H groups in total. The Balaban J connectivity index is 1.69. The predicted octanol–water partition coefficient (Wildman–Crippen LogP) is 6.24. The van der Waals surface area contributed by atoms with Crippen molar-refractivity contribution >= 4 is 51.9 Å². The fourth-order valence-electron chi connectivity index (χ4n) is 3.64. The molecule has 0 atom stereocenters. The Morgan fingerprint density at radius 3 is 2.51 bits per heavy atom. The van der Waals surface area contributed by atoms with Crippen LogP contribution in [0.25, 0.3) is 6.08 Å². The number of carbonyl (C=O) groups is 2. The summed E-state index contributed by atoms with van der Waals surface area (Å²) in [6.45, 7) is 2.82. The van der Waals surface area contributed by atoms with Gasteiger partial charge in [0, 0.05) is 6.07 Å². The molecular weight excluding hydrogens is 486 g/mol. The summed E-state index contributed by atoms with van der Waals surface area (Å²) < 4.78 is 11.7. The lowest BCUT2D eigenvalue weighted by atomic mass is 10.1. The number of carboxylic acid groups (broad SMARTS) is 1. The Morgan fingerprint density at radius 2 is 1.83 bits per heavy atom. The normalized spacial score (nSPS) is 14.6. The number of thioether (sulfide) groups is 1. The zero-order valence-corrected chi connectivity index (χ0v) is 21.4. The van der Waals surface area contributed by atoms with Crippen LogP contribution in [0, 0.1) is 0 Å². The number of carboxylic acids is 1. The number of unbranched alkanes of at least 4 members (excludes halogenated alkanes) is 5. The number of aromatic hydroxyl groups is 1. The molecule has 1 saturated heterocycles. The van der Waals surface area contributed by atoms with Gasteiger partial charge in [-0.1, -0.05) is 69.1 Å². The molecule has 0 aromatic heterocycles. The number of nitrogens with zero attached hydrogens (tertiary/aromatic N) is 1. The van der Waals surface area contributed by atoms with Crippen LogP contribution in [-0.4, -0.2) is 40.1 Å². The third kappa shape index (κ3) is 6.76.